The molecule has 1 aromatic rings. The normalized spacial score (nSPS) is 27.5. The maximum atomic E-state index is 13.9. The molecule has 2 aliphatic rings. The molecule has 0 saturated carbocycles. The molecular formula is C15H19FN2O2. The van der Waals surface area contributed by atoms with Gasteiger partial charge in [-0.25, -0.2) is 9.18 Å². The van der Waals surface area contributed by atoms with Crippen molar-refractivity contribution in [2.45, 2.75) is 18.4 Å². The lowest BCUT2D eigenvalue weighted by Gasteiger charge is -2.43. The van der Waals surface area contributed by atoms with E-state index in [9.17, 15) is 14.3 Å². The number of fused-ring (bicyclic) bond motifs is 1. The number of carboxylic acid groups (broad SMARTS) is 1. The number of benzene rings is 1. The number of nitrogens with zero attached hydrogens (tertiary/aromatic N) is 2. The Kier molecular flexibility index (Phi) is 3.26. The van der Waals surface area contributed by atoms with Crippen LogP contribution < -0.4 is 0 Å². The maximum Gasteiger partial charge on any atom is 0.328 e. The van der Waals surface area contributed by atoms with Crippen LogP contribution in [0, 0.1) is 5.82 Å². The predicted molar refractivity (Wildman–Crippen MR) is 73.1 cm³/mol. The van der Waals surface area contributed by atoms with Gasteiger partial charge in [0, 0.05) is 26.2 Å². The van der Waals surface area contributed by atoms with Gasteiger partial charge in [0.1, 0.15) is 11.4 Å². The standard InChI is InChI=1S/C15H19FN2O2/c1-17-7-9-18(10-8-17)15(14(19)20)6-5-11-12(15)3-2-4-13(11)16/h2-4H,5-10H2,1H3,(H,19,20). The number of piperazine rings is 1. The zero-order valence-electron chi connectivity index (χ0n) is 11.6. The first kappa shape index (κ1) is 13.5. The first-order valence-electron chi connectivity index (χ1n) is 7.00. The van der Waals surface area contributed by atoms with E-state index in [0.29, 0.717) is 37.1 Å². The fourth-order valence-electron chi connectivity index (χ4n) is 3.51. The van der Waals surface area contributed by atoms with Gasteiger partial charge in [0.15, 0.2) is 0 Å². The van der Waals surface area contributed by atoms with Crippen molar-refractivity contribution in [2.24, 2.45) is 0 Å². The summed E-state index contributed by atoms with van der Waals surface area (Å²) in [7, 11) is 2.03. The molecule has 1 unspecified atom stereocenters. The molecule has 3 rings (SSSR count). The number of hydrogen-bond acceptors (Lipinski definition) is 3. The molecule has 1 atom stereocenters. The van der Waals surface area contributed by atoms with Crippen molar-refractivity contribution < 1.29 is 14.3 Å². The van der Waals surface area contributed by atoms with Gasteiger partial charge in [0.25, 0.3) is 0 Å². The third kappa shape index (κ3) is 1.84. The quantitative estimate of drug-likeness (QED) is 0.885. The van der Waals surface area contributed by atoms with Crippen LogP contribution in [0.25, 0.3) is 0 Å². The van der Waals surface area contributed by atoms with Crippen molar-refractivity contribution in [3.05, 3.63) is 35.1 Å². The highest BCUT2D eigenvalue weighted by atomic mass is 19.1. The molecule has 5 heteroatoms. The summed E-state index contributed by atoms with van der Waals surface area (Å²) in [4.78, 5) is 16.2. The van der Waals surface area contributed by atoms with Crippen LogP contribution in [0.3, 0.4) is 0 Å². The zero-order chi connectivity index (χ0) is 14.3. The smallest absolute Gasteiger partial charge is 0.328 e. The molecule has 1 saturated heterocycles. The van der Waals surface area contributed by atoms with E-state index in [1.807, 2.05) is 11.9 Å². The minimum atomic E-state index is -1.04. The summed E-state index contributed by atoms with van der Waals surface area (Å²) < 4.78 is 13.9. The van der Waals surface area contributed by atoms with Gasteiger partial charge in [-0.05, 0) is 37.1 Å². The number of rotatable bonds is 2. The molecule has 1 aliphatic carbocycles. The van der Waals surface area contributed by atoms with Gasteiger partial charge in [-0.1, -0.05) is 12.1 Å². The molecule has 1 N–H and O–H groups in total. The van der Waals surface area contributed by atoms with Crippen LogP contribution in [0.5, 0.6) is 0 Å². The average molecular weight is 278 g/mol. The molecule has 0 spiro atoms. The molecule has 0 aromatic heterocycles. The molecular weight excluding hydrogens is 259 g/mol. The molecule has 4 nitrogen and oxygen atoms in total. The Hall–Kier alpha value is -1.46. The maximum absolute atomic E-state index is 13.9. The predicted octanol–water partition coefficient (Wildman–Crippen LogP) is 1.30. The second-order valence-corrected chi connectivity index (χ2v) is 5.72. The van der Waals surface area contributed by atoms with Gasteiger partial charge < -0.3 is 10.0 Å². The second kappa shape index (κ2) is 4.82. The van der Waals surface area contributed by atoms with Crippen molar-refractivity contribution in [1.82, 2.24) is 9.80 Å². The molecule has 108 valence electrons. The average Bonchev–Trinajstić information content (AvgIpc) is 2.82. The Balaban J connectivity index is 2.04. The molecule has 1 fully saturated rings. The van der Waals surface area contributed by atoms with Gasteiger partial charge in [-0.3, -0.25) is 4.90 Å². The summed E-state index contributed by atoms with van der Waals surface area (Å²) in [5.41, 5.74) is 0.182. The highest BCUT2D eigenvalue weighted by Crippen LogP contribution is 2.43. The van der Waals surface area contributed by atoms with E-state index >= 15 is 0 Å². The summed E-state index contributed by atoms with van der Waals surface area (Å²) >= 11 is 0. The van der Waals surface area contributed by atoms with E-state index in [0.717, 1.165) is 13.1 Å². The highest BCUT2D eigenvalue weighted by Gasteiger charge is 2.51. The topological polar surface area (TPSA) is 43.8 Å². The molecule has 1 aliphatic heterocycles. The van der Waals surface area contributed by atoms with E-state index < -0.39 is 11.5 Å². The van der Waals surface area contributed by atoms with E-state index in [4.69, 9.17) is 0 Å². The van der Waals surface area contributed by atoms with Crippen LogP contribution in [0.4, 0.5) is 4.39 Å². The summed E-state index contributed by atoms with van der Waals surface area (Å²) in [6.45, 7) is 3.11. The van der Waals surface area contributed by atoms with E-state index in [1.165, 1.54) is 6.07 Å². The first-order valence-corrected chi connectivity index (χ1v) is 7.00. The lowest BCUT2D eigenvalue weighted by atomic mass is 9.89. The lowest BCUT2D eigenvalue weighted by molar-refractivity contribution is -0.154. The Morgan fingerprint density at radius 3 is 2.65 bits per heavy atom. The SMILES string of the molecule is CN1CCN(C2(C(=O)O)CCc3c(F)cccc32)CC1. The molecule has 1 aromatic carbocycles. The van der Waals surface area contributed by atoms with Crippen LogP contribution in [0.2, 0.25) is 0 Å². The number of likely N-dealkylation sites (N-methyl/N-ethyl adjacent to an activating group) is 1. The number of hydrogen-bond donors (Lipinski definition) is 1. The van der Waals surface area contributed by atoms with Crippen molar-refractivity contribution in [3.8, 4) is 0 Å². The highest BCUT2D eigenvalue weighted by molar-refractivity contribution is 5.82. The van der Waals surface area contributed by atoms with Crippen LogP contribution in [0.15, 0.2) is 18.2 Å². The lowest BCUT2D eigenvalue weighted by Crippen LogP contribution is -2.57. The van der Waals surface area contributed by atoms with Gasteiger partial charge in [-0.15, -0.1) is 0 Å². The van der Waals surface area contributed by atoms with E-state index in [2.05, 4.69) is 4.90 Å². The summed E-state index contributed by atoms with van der Waals surface area (Å²) in [5, 5.41) is 9.84. The minimum absolute atomic E-state index is 0.278. The largest absolute Gasteiger partial charge is 0.480 e. The Morgan fingerprint density at radius 1 is 1.30 bits per heavy atom. The van der Waals surface area contributed by atoms with Crippen LogP contribution in [0.1, 0.15) is 17.5 Å². The van der Waals surface area contributed by atoms with E-state index in [-0.39, 0.29) is 5.82 Å². The monoisotopic (exact) mass is 278 g/mol. The van der Waals surface area contributed by atoms with Crippen molar-refractivity contribution in [1.29, 1.82) is 0 Å². The Bertz CT molecular complexity index is 541. The Morgan fingerprint density at radius 2 is 2.00 bits per heavy atom. The first-order chi connectivity index (χ1) is 9.55. The van der Waals surface area contributed by atoms with Gasteiger partial charge in [-0.2, -0.15) is 0 Å². The number of aliphatic carboxylic acids is 1. The van der Waals surface area contributed by atoms with Crippen molar-refractivity contribution in [3.63, 3.8) is 0 Å². The molecule has 0 bridgehead atoms. The third-order valence-electron chi connectivity index (χ3n) is 4.70. The summed E-state index contributed by atoms with van der Waals surface area (Å²) in [6, 6.07) is 4.81. The number of carbonyl (C=O) groups is 1. The fourth-order valence-corrected chi connectivity index (χ4v) is 3.51. The fraction of sp³-hybridized carbons (Fsp3) is 0.533. The second-order valence-electron chi connectivity index (χ2n) is 5.72. The third-order valence-corrected chi connectivity index (χ3v) is 4.70. The Labute approximate surface area is 117 Å². The van der Waals surface area contributed by atoms with Crippen LogP contribution >= 0.6 is 0 Å². The number of carboxylic acids is 1. The number of halogens is 1. The van der Waals surface area contributed by atoms with E-state index in [1.54, 1.807) is 12.1 Å². The van der Waals surface area contributed by atoms with Crippen molar-refractivity contribution >= 4 is 5.97 Å². The van der Waals surface area contributed by atoms with Crippen LogP contribution in [-0.2, 0) is 16.8 Å². The minimum Gasteiger partial charge on any atom is -0.480 e. The summed E-state index contributed by atoms with van der Waals surface area (Å²) in [6.07, 6.45) is 0.961. The molecule has 0 radical (unpaired) electrons. The molecule has 20 heavy (non-hydrogen) atoms. The van der Waals surface area contributed by atoms with Gasteiger partial charge in [0.2, 0.25) is 0 Å². The zero-order valence-corrected chi connectivity index (χ0v) is 11.6. The van der Waals surface area contributed by atoms with Gasteiger partial charge in [0.05, 0.1) is 0 Å². The van der Waals surface area contributed by atoms with Crippen LogP contribution in [-0.4, -0.2) is 54.1 Å². The molecule has 0 amide bonds. The van der Waals surface area contributed by atoms with Crippen molar-refractivity contribution in [2.75, 3.05) is 33.2 Å². The molecule has 1 heterocycles. The summed E-state index contributed by atoms with van der Waals surface area (Å²) in [5.74, 6) is -1.13. The van der Waals surface area contributed by atoms with Gasteiger partial charge >= 0.3 is 5.97 Å².